The molecule has 0 aliphatic heterocycles. The van der Waals surface area contributed by atoms with Gasteiger partial charge < -0.3 is 10.6 Å². The maximum atomic E-state index is 12.4. The van der Waals surface area contributed by atoms with Gasteiger partial charge in [-0.15, -0.1) is 0 Å². The summed E-state index contributed by atoms with van der Waals surface area (Å²) in [6.45, 7) is 2.84. The molecule has 4 bridgehead atoms. The molecule has 1 unspecified atom stereocenters. The van der Waals surface area contributed by atoms with E-state index < -0.39 is 0 Å². The number of urea groups is 1. The maximum Gasteiger partial charge on any atom is 0.315 e. The molecule has 5 rings (SSSR count). The van der Waals surface area contributed by atoms with E-state index in [1.807, 2.05) is 24.3 Å². The summed E-state index contributed by atoms with van der Waals surface area (Å²) in [5.74, 6) is 2.75. The molecule has 1 aromatic carbocycles. The average molecular weight is 361 g/mol. The monoisotopic (exact) mass is 360 g/mol. The molecule has 0 radical (unpaired) electrons. The van der Waals surface area contributed by atoms with Crippen LogP contribution < -0.4 is 10.6 Å². The summed E-state index contributed by atoms with van der Waals surface area (Å²) in [5.41, 5.74) is 1.44. The fourth-order valence-electron chi connectivity index (χ4n) is 6.12. The normalized spacial score (nSPS) is 33.9. The molecule has 0 saturated heterocycles. The average Bonchev–Trinajstić information content (AvgIpc) is 2.55. The Hall–Kier alpha value is -1.22. The van der Waals surface area contributed by atoms with Crippen LogP contribution in [0.4, 0.5) is 4.79 Å². The predicted octanol–water partition coefficient (Wildman–Crippen LogP) is 4.79. The molecule has 3 nitrogen and oxygen atoms in total. The highest BCUT2D eigenvalue weighted by Gasteiger charge is 2.53. The van der Waals surface area contributed by atoms with Gasteiger partial charge in [-0.05, 0) is 86.7 Å². The molecule has 4 aliphatic rings. The number of benzene rings is 1. The molecule has 0 spiro atoms. The van der Waals surface area contributed by atoms with Crippen molar-refractivity contribution in [2.75, 3.05) is 6.54 Å². The van der Waals surface area contributed by atoms with Crippen LogP contribution in [0.3, 0.4) is 0 Å². The van der Waals surface area contributed by atoms with Crippen molar-refractivity contribution >= 4 is 17.6 Å². The lowest BCUT2D eigenvalue weighted by Crippen LogP contribution is -2.57. The van der Waals surface area contributed by atoms with Crippen molar-refractivity contribution in [2.24, 2.45) is 23.2 Å². The van der Waals surface area contributed by atoms with Gasteiger partial charge in [-0.1, -0.05) is 29.8 Å². The Morgan fingerprint density at radius 3 is 2.36 bits per heavy atom. The van der Waals surface area contributed by atoms with Crippen LogP contribution >= 0.6 is 11.6 Å². The number of rotatable bonds is 5. The van der Waals surface area contributed by atoms with Gasteiger partial charge in [0.15, 0.2) is 0 Å². The molecule has 25 heavy (non-hydrogen) atoms. The summed E-state index contributed by atoms with van der Waals surface area (Å²) in [4.78, 5) is 12.4. The van der Waals surface area contributed by atoms with Crippen molar-refractivity contribution in [3.63, 3.8) is 0 Å². The first kappa shape index (κ1) is 17.2. The lowest BCUT2D eigenvalue weighted by molar-refractivity contribution is -0.0682. The van der Waals surface area contributed by atoms with E-state index in [-0.39, 0.29) is 12.1 Å². The largest absolute Gasteiger partial charge is 0.338 e. The van der Waals surface area contributed by atoms with Gasteiger partial charge in [0.25, 0.3) is 0 Å². The maximum absolute atomic E-state index is 12.4. The van der Waals surface area contributed by atoms with Crippen LogP contribution in [0, 0.1) is 23.2 Å². The zero-order valence-electron chi connectivity index (χ0n) is 15.1. The number of nitrogens with one attached hydrogen (secondary N) is 2. The van der Waals surface area contributed by atoms with Gasteiger partial charge in [0.1, 0.15) is 0 Å². The lowest BCUT2D eigenvalue weighted by atomic mass is 9.48. The third-order valence-corrected chi connectivity index (χ3v) is 7.36. The highest BCUT2D eigenvalue weighted by molar-refractivity contribution is 6.31. The van der Waals surface area contributed by atoms with Crippen molar-refractivity contribution < 1.29 is 4.79 Å². The van der Waals surface area contributed by atoms with Gasteiger partial charge in [0, 0.05) is 17.6 Å². The van der Waals surface area contributed by atoms with Gasteiger partial charge in [-0.25, -0.2) is 4.79 Å². The van der Waals surface area contributed by atoms with Crippen LogP contribution in [0.1, 0.15) is 51.0 Å². The van der Waals surface area contributed by atoms with Crippen molar-refractivity contribution in [1.82, 2.24) is 10.6 Å². The second kappa shape index (κ2) is 6.83. The molecule has 1 aromatic rings. The number of hydrogen-bond donors (Lipinski definition) is 2. The third-order valence-electron chi connectivity index (χ3n) is 6.99. The summed E-state index contributed by atoms with van der Waals surface area (Å²) in [6, 6.07) is 8.05. The molecular formula is C21H29ClN2O. The van der Waals surface area contributed by atoms with Crippen molar-refractivity contribution in [1.29, 1.82) is 0 Å². The van der Waals surface area contributed by atoms with E-state index in [9.17, 15) is 4.79 Å². The van der Waals surface area contributed by atoms with Crippen molar-refractivity contribution in [2.45, 2.75) is 57.9 Å². The zero-order valence-corrected chi connectivity index (χ0v) is 15.8. The number of hydrogen-bond acceptors (Lipinski definition) is 1. The molecular weight excluding hydrogens is 332 g/mol. The number of halogens is 1. The second-order valence-corrected chi connectivity index (χ2v) is 9.15. The third kappa shape index (κ3) is 3.53. The summed E-state index contributed by atoms with van der Waals surface area (Å²) in [7, 11) is 0. The molecule has 0 heterocycles. The summed E-state index contributed by atoms with van der Waals surface area (Å²) in [6.07, 6.45) is 9.04. The minimum Gasteiger partial charge on any atom is -0.338 e. The van der Waals surface area contributed by atoms with Crippen LogP contribution in [-0.4, -0.2) is 18.6 Å². The standard InChI is InChI=1S/C21H29ClN2O/c1-14(21-11-15-8-16(12-21)10-17(9-15)13-21)24-20(25)23-7-6-18-4-2-3-5-19(18)22/h2-5,14-17H,6-13H2,1H3,(H2,23,24,25). The first-order chi connectivity index (χ1) is 12.0. The van der Waals surface area contributed by atoms with E-state index in [1.165, 1.54) is 38.5 Å². The van der Waals surface area contributed by atoms with Gasteiger partial charge in [0.05, 0.1) is 0 Å². The van der Waals surface area contributed by atoms with E-state index in [0.29, 0.717) is 12.0 Å². The van der Waals surface area contributed by atoms with Crippen LogP contribution in [-0.2, 0) is 6.42 Å². The van der Waals surface area contributed by atoms with Gasteiger partial charge >= 0.3 is 6.03 Å². The molecule has 4 aliphatic carbocycles. The highest BCUT2D eigenvalue weighted by atomic mass is 35.5. The van der Waals surface area contributed by atoms with Crippen molar-refractivity contribution in [3.05, 3.63) is 34.9 Å². The fraction of sp³-hybridized carbons (Fsp3) is 0.667. The van der Waals surface area contributed by atoms with Crippen LogP contribution in [0.5, 0.6) is 0 Å². The Balaban J connectivity index is 1.28. The second-order valence-electron chi connectivity index (χ2n) is 8.74. The molecule has 4 heteroatoms. The first-order valence-corrected chi connectivity index (χ1v) is 10.2. The highest BCUT2D eigenvalue weighted by Crippen LogP contribution is 2.61. The minimum atomic E-state index is -0.0321. The minimum absolute atomic E-state index is 0.0321. The van der Waals surface area contributed by atoms with Crippen LogP contribution in [0.25, 0.3) is 0 Å². The van der Waals surface area contributed by atoms with Crippen molar-refractivity contribution in [3.8, 4) is 0 Å². The van der Waals surface area contributed by atoms with Gasteiger partial charge in [0.2, 0.25) is 0 Å². The molecule has 0 aromatic heterocycles. The van der Waals surface area contributed by atoms with Crippen LogP contribution in [0.2, 0.25) is 5.02 Å². The first-order valence-electron chi connectivity index (χ1n) is 9.82. The number of carbonyl (C=O) groups excluding carboxylic acids is 1. The Bertz CT molecular complexity index is 609. The van der Waals surface area contributed by atoms with Gasteiger partial charge in [-0.2, -0.15) is 0 Å². The molecule has 1 atom stereocenters. The van der Waals surface area contributed by atoms with Crippen LogP contribution in [0.15, 0.2) is 24.3 Å². The smallest absolute Gasteiger partial charge is 0.315 e. The SMILES string of the molecule is CC(NC(=O)NCCc1ccccc1Cl)C12CC3CC(CC(C3)C1)C2. The molecule has 4 fully saturated rings. The van der Waals surface area contributed by atoms with E-state index >= 15 is 0 Å². The molecule has 2 amide bonds. The van der Waals surface area contributed by atoms with E-state index in [0.717, 1.165) is 34.8 Å². The van der Waals surface area contributed by atoms with E-state index in [4.69, 9.17) is 11.6 Å². The molecule has 136 valence electrons. The Labute approximate surface area is 155 Å². The summed E-state index contributed by atoms with van der Waals surface area (Å²) >= 11 is 6.17. The molecule has 4 saturated carbocycles. The summed E-state index contributed by atoms with van der Waals surface area (Å²) in [5, 5.41) is 7.04. The van der Waals surface area contributed by atoms with Gasteiger partial charge in [-0.3, -0.25) is 0 Å². The van der Waals surface area contributed by atoms with E-state index in [2.05, 4.69) is 17.6 Å². The predicted molar refractivity (Wildman–Crippen MR) is 102 cm³/mol. The Kier molecular flexibility index (Phi) is 4.70. The fourth-order valence-corrected chi connectivity index (χ4v) is 6.35. The Morgan fingerprint density at radius 1 is 1.16 bits per heavy atom. The van der Waals surface area contributed by atoms with E-state index in [1.54, 1.807) is 0 Å². The number of amides is 2. The zero-order chi connectivity index (χ0) is 17.4. The summed E-state index contributed by atoms with van der Waals surface area (Å²) < 4.78 is 0. The quantitative estimate of drug-likeness (QED) is 0.779. The topological polar surface area (TPSA) is 41.1 Å². The lowest BCUT2D eigenvalue weighted by Gasteiger charge is -2.59. The number of carbonyl (C=O) groups is 1. The Morgan fingerprint density at radius 2 is 1.76 bits per heavy atom. The molecule has 2 N–H and O–H groups in total.